The predicted molar refractivity (Wildman–Crippen MR) is 79.4 cm³/mol. The standard InChI is InChI=1S/C16H24N2O2/c1-3-20-16(19)13(2)17-15-9-10-18(12-15)11-14-7-5-4-6-8-14/h4-8,13,15,17H,3,9-12H2,1-2H3. The minimum Gasteiger partial charge on any atom is -0.465 e. The lowest BCUT2D eigenvalue weighted by Gasteiger charge is -2.19. The zero-order valence-corrected chi connectivity index (χ0v) is 12.3. The molecule has 2 atom stereocenters. The Hall–Kier alpha value is -1.39. The van der Waals surface area contributed by atoms with Crippen LogP contribution in [0.4, 0.5) is 0 Å². The van der Waals surface area contributed by atoms with E-state index >= 15 is 0 Å². The molecule has 0 aromatic heterocycles. The van der Waals surface area contributed by atoms with E-state index in [0.717, 1.165) is 26.1 Å². The second-order valence-electron chi connectivity index (χ2n) is 5.35. The van der Waals surface area contributed by atoms with Gasteiger partial charge in [0.15, 0.2) is 0 Å². The molecule has 1 heterocycles. The summed E-state index contributed by atoms with van der Waals surface area (Å²) in [5.41, 5.74) is 1.34. The second kappa shape index (κ2) is 7.41. The first-order valence-corrected chi connectivity index (χ1v) is 7.38. The summed E-state index contributed by atoms with van der Waals surface area (Å²) < 4.78 is 5.02. The lowest BCUT2D eigenvalue weighted by atomic mass is 10.2. The first-order chi connectivity index (χ1) is 9.69. The van der Waals surface area contributed by atoms with E-state index in [0.29, 0.717) is 12.6 Å². The first kappa shape index (κ1) is 15.0. The lowest BCUT2D eigenvalue weighted by molar-refractivity contribution is -0.145. The maximum absolute atomic E-state index is 11.6. The highest BCUT2D eigenvalue weighted by Crippen LogP contribution is 2.14. The fourth-order valence-electron chi connectivity index (χ4n) is 2.64. The number of benzene rings is 1. The van der Waals surface area contributed by atoms with Gasteiger partial charge in [-0.1, -0.05) is 30.3 Å². The normalized spacial score (nSPS) is 20.8. The van der Waals surface area contributed by atoms with Gasteiger partial charge in [-0.25, -0.2) is 0 Å². The van der Waals surface area contributed by atoms with Crippen LogP contribution in [-0.4, -0.2) is 42.6 Å². The van der Waals surface area contributed by atoms with Crippen molar-refractivity contribution in [3.63, 3.8) is 0 Å². The van der Waals surface area contributed by atoms with Gasteiger partial charge in [-0.15, -0.1) is 0 Å². The van der Waals surface area contributed by atoms with Crippen molar-refractivity contribution in [2.24, 2.45) is 0 Å². The Morgan fingerprint density at radius 2 is 2.20 bits per heavy atom. The molecule has 0 saturated carbocycles. The average molecular weight is 276 g/mol. The van der Waals surface area contributed by atoms with Gasteiger partial charge in [0.25, 0.3) is 0 Å². The largest absolute Gasteiger partial charge is 0.465 e. The van der Waals surface area contributed by atoms with Crippen molar-refractivity contribution in [2.75, 3.05) is 19.7 Å². The van der Waals surface area contributed by atoms with Crippen molar-refractivity contribution in [2.45, 2.75) is 38.9 Å². The van der Waals surface area contributed by atoms with Crippen LogP contribution in [0.1, 0.15) is 25.8 Å². The number of nitrogens with zero attached hydrogens (tertiary/aromatic N) is 1. The highest BCUT2D eigenvalue weighted by atomic mass is 16.5. The summed E-state index contributed by atoms with van der Waals surface area (Å²) in [6.45, 7) is 7.18. The monoisotopic (exact) mass is 276 g/mol. The summed E-state index contributed by atoms with van der Waals surface area (Å²) >= 11 is 0. The van der Waals surface area contributed by atoms with E-state index in [1.807, 2.05) is 19.9 Å². The summed E-state index contributed by atoms with van der Waals surface area (Å²) in [6.07, 6.45) is 1.08. The molecule has 4 nitrogen and oxygen atoms in total. The summed E-state index contributed by atoms with van der Waals surface area (Å²) in [5.74, 6) is -0.158. The van der Waals surface area contributed by atoms with Crippen LogP contribution >= 0.6 is 0 Å². The number of hydrogen-bond donors (Lipinski definition) is 1. The van der Waals surface area contributed by atoms with E-state index in [9.17, 15) is 4.79 Å². The van der Waals surface area contributed by atoms with E-state index in [2.05, 4.69) is 34.5 Å². The fraction of sp³-hybridized carbons (Fsp3) is 0.562. The molecule has 0 bridgehead atoms. The zero-order chi connectivity index (χ0) is 14.4. The van der Waals surface area contributed by atoms with Crippen molar-refractivity contribution in [1.29, 1.82) is 0 Å². The van der Waals surface area contributed by atoms with E-state index < -0.39 is 0 Å². The van der Waals surface area contributed by atoms with Gasteiger partial charge in [0.05, 0.1) is 6.61 Å². The molecule has 1 fully saturated rings. The third-order valence-corrected chi connectivity index (χ3v) is 3.65. The van der Waals surface area contributed by atoms with Crippen molar-refractivity contribution >= 4 is 5.97 Å². The topological polar surface area (TPSA) is 41.6 Å². The molecule has 2 unspecified atom stereocenters. The van der Waals surface area contributed by atoms with E-state index in [-0.39, 0.29) is 12.0 Å². The van der Waals surface area contributed by atoms with Gasteiger partial charge in [-0.05, 0) is 25.8 Å². The molecule has 1 aromatic rings. The fourth-order valence-corrected chi connectivity index (χ4v) is 2.64. The predicted octanol–water partition coefficient (Wildman–Crippen LogP) is 1.80. The first-order valence-electron chi connectivity index (χ1n) is 7.38. The van der Waals surface area contributed by atoms with E-state index in [1.165, 1.54) is 5.56 Å². The maximum atomic E-state index is 11.6. The number of carbonyl (C=O) groups is 1. The molecule has 110 valence electrons. The average Bonchev–Trinajstić information content (AvgIpc) is 2.87. The summed E-state index contributed by atoms with van der Waals surface area (Å²) in [7, 11) is 0. The molecular formula is C16H24N2O2. The van der Waals surface area contributed by atoms with Crippen molar-refractivity contribution < 1.29 is 9.53 Å². The second-order valence-corrected chi connectivity index (χ2v) is 5.35. The number of nitrogens with one attached hydrogen (secondary N) is 1. The van der Waals surface area contributed by atoms with Crippen LogP contribution in [0.15, 0.2) is 30.3 Å². The molecule has 0 aliphatic carbocycles. The summed E-state index contributed by atoms with van der Waals surface area (Å²) in [6, 6.07) is 10.6. The van der Waals surface area contributed by atoms with Crippen LogP contribution in [-0.2, 0) is 16.1 Å². The number of hydrogen-bond acceptors (Lipinski definition) is 4. The Balaban J connectivity index is 1.76. The molecule has 20 heavy (non-hydrogen) atoms. The van der Waals surface area contributed by atoms with Crippen LogP contribution in [0.25, 0.3) is 0 Å². The maximum Gasteiger partial charge on any atom is 0.322 e. The van der Waals surface area contributed by atoms with E-state index in [4.69, 9.17) is 4.74 Å². The molecule has 0 spiro atoms. The van der Waals surface area contributed by atoms with Crippen LogP contribution in [0.5, 0.6) is 0 Å². The molecule has 2 rings (SSSR count). The Labute approximate surface area is 121 Å². The minimum absolute atomic E-state index is 0.158. The Morgan fingerprint density at radius 3 is 2.90 bits per heavy atom. The molecular weight excluding hydrogens is 252 g/mol. The van der Waals surface area contributed by atoms with Crippen LogP contribution < -0.4 is 5.32 Å². The van der Waals surface area contributed by atoms with Gasteiger partial charge < -0.3 is 10.1 Å². The Morgan fingerprint density at radius 1 is 1.45 bits per heavy atom. The van der Waals surface area contributed by atoms with Crippen molar-refractivity contribution in [3.8, 4) is 0 Å². The number of carbonyl (C=O) groups excluding carboxylic acids is 1. The molecule has 1 aliphatic rings. The molecule has 1 saturated heterocycles. The highest BCUT2D eigenvalue weighted by Gasteiger charge is 2.25. The molecule has 4 heteroatoms. The molecule has 0 radical (unpaired) electrons. The number of ether oxygens (including phenoxy) is 1. The van der Waals surface area contributed by atoms with Crippen LogP contribution in [0.2, 0.25) is 0 Å². The Kier molecular flexibility index (Phi) is 5.56. The smallest absolute Gasteiger partial charge is 0.322 e. The van der Waals surface area contributed by atoms with Crippen molar-refractivity contribution in [3.05, 3.63) is 35.9 Å². The van der Waals surface area contributed by atoms with Crippen LogP contribution in [0, 0.1) is 0 Å². The van der Waals surface area contributed by atoms with Crippen molar-refractivity contribution in [1.82, 2.24) is 10.2 Å². The van der Waals surface area contributed by atoms with Gasteiger partial charge in [-0.2, -0.15) is 0 Å². The number of likely N-dealkylation sites (tertiary alicyclic amines) is 1. The summed E-state index contributed by atoms with van der Waals surface area (Å²) in [5, 5.41) is 3.36. The quantitative estimate of drug-likeness (QED) is 0.805. The zero-order valence-electron chi connectivity index (χ0n) is 12.3. The molecule has 1 aromatic carbocycles. The van der Waals surface area contributed by atoms with Gasteiger partial charge in [0.2, 0.25) is 0 Å². The summed E-state index contributed by atoms with van der Waals surface area (Å²) in [4.78, 5) is 14.0. The number of esters is 1. The molecule has 1 aliphatic heterocycles. The lowest BCUT2D eigenvalue weighted by Crippen LogP contribution is -2.43. The highest BCUT2D eigenvalue weighted by molar-refractivity contribution is 5.75. The van der Waals surface area contributed by atoms with Gasteiger partial charge >= 0.3 is 5.97 Å². The Bertz CT molecular complexity index is 422. The van der Waals surface area contributed by atoms with Gasteiger partial charge in [-0.3, -0.25) is 9.69 Å². The SMILES string of the molecule is CCOC(=O)C(C)NC1CCN(Cc2ccccc2)C1. The van der Waals surface area contributed by atoms with Crippen LogP contribution in [0.3, 0.4) is 0 Å². The van der Waals surface area contributed by atoms with E-state index in [1.54, 1.807) is 0 Å². The molecule has 0 amide bonds. The number of rotatable bonds is 6. The molecule has 1 N–H and O–H groups in total. The van der Waals surface area contributed by atoms with Gasteiger partial charge in [0.1, 0.15) is 6.04 Å². The third-order valence-electron chi connectivity index (χ3n) is 3.65. The van der Waals surface area contributed by atoms with Gasteiger partial charge in [0, 0.05) is 25.7 Å². The minimum atomic E-state index is -0.225. The third kappa shape index (κ3) is 4.32.